The van der Waals surface area contributed by atoms with E-state index in [2.05, 4.69) is 5.32 Å². The molecule has 1 N–H and O–H groups in total. The van der Waals surface area contributed by atoms with Gasteiger partial charge in [0.2, 0.25) is 5.91 Å². The molecule has 0 fully saturated rings. The molecule has 0 heterocycles. The van der Waals surface area contributed by atoms with E-state index in [0.29, 0.717) is 5.56 Å². The number of rotatable bonds is 10. The Labute approximate surface area is 205 Å². The second-order valence-electron chi connectivity index (χ2n) is 8.31. The zero-order chi connectivity index (χ0) is 25.2. The Morgan fingerprint density at radius 1 is 0.857 bits per heavy atom. The van der Waals surface area contributed by atoms with Crippen LogP contribution < -0.4 is 10.1 Å². The minimum atomic E-state index is -0.878. The maximum Gasteiger partial charge on any atom is 0.329 e. The summed E-state index contributed by atoms with van der Waals surface area (Å²) in [6.07, 6.45) is 2.99. The topological polar surface area (TPSA) is 81.7 Å². The molecule has 1 atom stereocenters. The predicted octanol–water partition coefficient (Wildman–Crippen LogP) is 4.94. The molecule has 0 spiro atoms. The first kappa shape index (κ1) is 25.4. The van der Waals surface area contributed by atoms with E-state index in [4.69, 9.17) is 9.47 Å². The number of carbonyl (C=O) groups is 3. The number of ketones is 1. The Hall–Kier alpha value is -4.19. The highest BCUT2D eigenvalue weighted by Gasteiger charge is 2.25. The number of hydrogen-bond acceptors (Lipinski definition) is 5. The van der Waals surface area contributed by atoms with Gasteiger partial charge in [-0.2, -0.15) is 0 Å². The summed E-state index contributed by atoms with van der Waals surface area (Å²) >= 11 is 0. The van der Waals surface area contributed by atoms with Gasteiger partial charge in [-0.25, -0.2) is 4.79 Å². The van der Waals surface area contributed by atoms with Gasteiger partial charge in [-0.05, 0) is 40.8 Å². The predicted molar refractivity (Wildman–Crippen MR) is 136 cm³/mol. The number of esters is 1. The quantitative estimate of drug-likeness (QED) is 0.257. The maximum atomic E-state index is 12.6. The standard InChI is InChI=1S/C29H29NO5/c1-20(2)28(30-27(32)18-11-21-9-16-25(34-3)17-10-21)29(33)35-19-26(31)24-14-12-23(13-15-24)22-7-5-4-6-8-22/h4-18,20,28H,19H2,1-3H3,(H,30,32)/t28-/m0/s1. The molecule has 0 saturated carbocycles. The Morgan fingerprint density at radius 2 is 1.49 bits per heavy atom. The summed E-state index contributed by atoms with van der Waals surface area (Å²) in [5.41, 5.74) is 3.30. The van der Waals surface area contributed by atoms with Crippen LogP contribution in [0.15, 0.2) is 84.9 Å². The van der Waals surface area contributed by atoms with Crippen molar-refractivity contribution in [3.8, 4) is 16.9 Å². The van der Waals surface area contributed by atoms with E-state index in [1.165, 1.54) is 6.08 Å². The van der Waals surface area contributed by atoms with Crippen LogP contribution in [0.4, 0.5) is 0 Å². The Kier molecular flexibility index (Phi) is 8.95. The summed E-state index contributed by atoms with van der Waals surface area (Å²) in [5.74, 6) is -0.900. The Balaban J connectivity index is 1.54. The van der Waals surface area contributed by atoms with Crippen molar-refractivity contribution in [2.24, 2.45) is 5.92 Å². The first-order valence-corrected chi connectivity index (χ1v) is 11.4. The maximum absolute atomic E-state index is 12.6. The van der Waals surface area contributed by atoms with Crippen LogP contribution in [0.3, 0.4) is 0 Å². The zero-order valence-electron chi connectivity index (χ0n) is 20.1. The third-order valence-corrected chi connectivity index (χ3v) is 5.42. The number of nitrogens with one attached hydrogen (secondary N) is 1. The van der Waals surface area contributed by atoms with Crippen LogP contribution in [0, 0.1) is 5.92 Å². The number of benzene rings is 3. The molecular weight excluding hydrogens is 442 g/mol. The van der Waals surface area contributed by atoms with Crippen LogP contribution in [0.2, 0.25) is 0 Å². The first-order valence-electron chi connectivity index (χ1n) is 11.4. The molecule has 0 bridgehead atoms. The third-order valence-electron chi connectivity index (χ3n) is 5.42. The van der Waals surface area contributed by atoms with Crippen molar-refractivity contribution in [2.75, 3.05) is 13.7 Å². The van der Waals surface area contributed by atoms with Crippen molar-refractivity contribution in [2.45, 2.75) is 19.9 Å². The highest BCUT2D eigenvalue weighted by molar-refractivity contribution is 5.99. The number of amides is 1. The van der Waals surface area contributed by atoms with Crippen LogP contribution in [0.1, 0.15) is 29.8 Å². The minimum Gasteiger partial charge on any atom is -0.497 e. The van der Waals surface area contributed by atoms with E-state index < -0.39 is 24.5 Å². The molecule has 3 aromatic rings. The second kappa shape index (κ2) is 12.3. The van der Waals surface area contributed by atoms with E-state index in [9.17, 15) is 14.4 Å². The van der Waals surface area contributed by atoms with E-state index in [1.54, 1.807) is 51.3 Å². The van der Waals surface area contributed by atoms with Gasteiger partial charge in [-0.15, -0.1) is 0 Å². The molecule has 0 aliphatic heterocycles. The third kappa shape index (κ3) is 7.40. The van der Waals surface area contributed by atoms with Crippen molar-refractivity contribution in [3.63, 3.8) is 0 Å². The fraction of sp³-hybridized carbons (Fsp3) is 0.207. The van der Waals surface area contributed by atoms with E-state index >= 15 is 0 Å². The van der Waals surface area contributed by atoms with Crippen LogP contribution in [-0.4, -0.2) is 37.4 Å². The van der Waals surface area contributed by atoms with E-state index in [1.807, 2.05) is 54.6 Å². The largest absolute Gasteiger partial charge is 0.497 e. The second-order valence-corrected chi connectivity index (χ2v) is 8.31. The average molecular weight is 472 g/mol. The highest BCUT2D eigenvalue weighted by atomic mass is 16.5. The number of ether oxygens (including phenoxy) is 2. The molecule has 6 heteroatoms. The fourth-order valence-corrected chi connectivity index (χ4v) is 3.38. The van der Waals surface area contributed by atoms with Gasteiger partial charge >= 0.3 is 5.97 Å². The Morgan fingerprint density at radius 3 is 2.09 bits per heavy atom. The number of hydrogen-bond donors (Lipinski definition) is 1. The lowest BCUT2D eigenvalue weighted by molar-refractivity contribution is -0.147. The molecule has 0 saturated heterocycles. The van der Waals surface area contributed by atoms with Gasteiger partial charge in [0.15, 0.2) is 12.4 Å². The Bertz CT molecular complexity index is 1170. The lowest BCUT2D eigenvalue weighted by atomic mass is 10.0. The molecule has 0 radical (unpaired) electrons. The molecule has 3 aromatic carbocycles. The number of Topliss-reactive ketones (excluding diaryl/α,β-unsaturated/α-hetero) is 1. The SMILES string of the molecule is COc1ccc(C=CC(=O)N[C@H](C(=O)OCC(=O)c2ccc(-c3ccccc3)cc2)C(C)C)cc1. The zero-order valence-corrected chi connectivity index (χ0v) is 20.1. The van der Waals surface area contributed by atoms with E-state index in [0.717, 1.165) is 22.4 Å². The summed E-state index contributed by atoms with van der Waals surface area (Å²) in [6, 6.07) is 23.3. The fourth-order valence-electron chi connectivity index (χ4n) is 3.38. The molecule has 35 heavy (non-hydrogen) atoms. The van der Waals surface area contributed by atoms with Crippen molar-refractivity contribution < 1.29 is 23.9 Å². The molecule has 0 aliphatic rings. The van der Waals surface area contributed by atoms with Gasteiger partial charge in [-0.3, -0.25) is 9.59 Å². The van der Waals surface area contributed by atoms with Crippen LogP contribution >= 0.6 is 0 Å². The van der Waals surface area contributed by atoms with Crippen molar-refractivity contribution >= 4 is 23.7 Å². The number of methoxy groups -OCH3 is 1. The van der Waals surface area contributed by atoms with Crippen molar-refractivity contribution in [1.29, 1.82) is 0 Å². The normalized spacial score (nSPS) is 11.8. The molecule has 0 aromatic heterocycles. The van der Waals surface area contributed by atoms with Gasteiger partial charge in [0.25, 0.3) is 0 Å². The van der Waals surface area contributed by atoms with Gasteiger partial charge in [0.1, 0.15) is 11.8 Å². The van der Waals surface area contributed by atoms with Crippen molar-refractivity contribution in [1.82, 2.24) is 5.32 Å². The van der Waals surface area contributed by atoms with Crippen molar-refractivity contribution in [3.05, 3.63) is 96.1 Å². The van der Waals surface area contributed by atoms with E-state index in [-0.39, 0.29) is 11.7 Å². The lowest BCUT2D eigenvalue weighted by Crippen LogP contribution is -2.45. The molecule has 3 rings (SSSR count). The van der Waals surface area contributed by atoms with Crippen LogP contribution in [0.25, 0.3) is 17.2 Å². The monoisotopic (exact) mass is 471 g/mol. The lowest BCUT2D eigenvalue weighted by Gasteiger charge is -2.20. The molecule has 0 aliphatic carbocycles. The van der Waals surface area contributed by atoms with Crippen LogP contribution in [-0.2, 0) is 14.3 Å². The minimum absolute atomic E-state index is 0.221. The summed E-state index contributed by atoms with van der Waals surface area (Å²) in [5, 5.41) is 2.66. The summed E-state index contributed by atoms with van der Waals surface area (Å²) < 4.78 is 10.4. The number of carbonyl (C=O) groups excluding carboxylic acids is 3. The first-order chi connectivity index (χ1) is 16.9. The van der Waals surface area contributed by atoms with Gasteiger partial charge in [0, 0.05) is 11.6 Å². The molecule has 6 nitrogen and oxygen atoms in total. The van der Waals surface area contributed by atoms with Gasteiger partial charge in [-0.1, -0.05) is 80.6 Å². The smallest absolute Gasteiger partial charge is 0.329 e. The van der Waals surface area contributed by atoms with Gasteiger partial charge < -0.3 is 14.8 Å². The molecular formula is C29H29NO5. The summed E-state index contributed by atoms with van der Waals surface area (Å²) in [4.78, 5) is 37.5. The molecule has 1 amide bonds. The highest BCUT2D eigenvalue weighted by Crippen LogP contribution is 2.19. The van der Waals surface area contributed by atoms with Crippen LogP contribution in [0.5, 0.6) is 5.75 Å². The average Bonchev–Trinajstić information content (AvgIpc) is 2.89. The molecule has 180 valence electrons. The summed E-state index contributed by atoms with van der Waals surface area (Å²) in [6.45, 7) is 3.19. The van der Waals surface area contributed by atoms with Gasteiger partial charge in [0.05, 0.1) is 7.11 Å². The molecule has 0 unspecified atom stereocenters. The summed E-state index contributed by atoms with van der Waals surface area (Å²) in [7, 11) is 1.58.